The highest BCUT2D eigenvalue weighted by atomic mass is 32.2. The van der Waals surface area contributed by atoms with Crippen molar-refractivity contribution in [2.75, 3.05) is 24.6 Å². The first-order chi connectivity index (χ1) is 13.6. The Bertz CT molecular complexity index is 962. The average molecular weight is 421 g/mol. The molecule has 1 amide bonds. The fourth-order valence-corrected chi connectivity index (χ4v) is 5.14. The van der Waals surface area contributed by atoms with Crippen LogP contribution in [0.5, 0.6) is 0 Å². The second-order valence-corrected chi connectivity index (χ2v) is 8.67. The van der Waals surface area contributed by atoms with Crippen LogP contribution >= 0.6 is 23.5 Å². The van der Waals surface area contributed by atoms with Gasteiger partial charge in [0, 0.05) is 29.7 Å². The number of thioether (sulfide) groups is 2. The number of amides is 1. The van der Waals surface area contributed by atoms with Gasteiger partial charge in [-0.05, 0) is 36.8 Å². The maximum Gasteiger partial charge on any atom is 0.257 e. The van der Waals surface area contributed by atoms with E-state index in [1.807, 2.05) is 24.3 Å². The highest BCUT2D eigenvalue weighted by Crippen LogP contribution is 2.36. The SMILES string of the molecule is O=C(CSc1nc2ccccc2o1)N1CCS[C@@H](c2cc(F)ccc2F)CC1. The Morgan fingerprint density at radius 2 is 2.11 bits per heavy atom. The fourth-order valence-electron chi connectivity index (χ4n) is 3.16. The first-order valence-electron chi connectivity index (χ1n) is 8.93. The zero-order valence-electron chi connectivity index (χ0n) is 14.9. The molecule has 146 valence electrons. The van der Waals surface area contributed by atoms with Crippen LogP contribution in [0.3, 0.4) is 0 Å². The van der Waals surface area contributed by atoms with Gasteiger partial charge in [0.2, 0.25) is 5.91 Å². The second-order valence-electron chi connectivity index (χ2n) is 6.43. The predicted octanol–water partition coefficient (Wildman–Crippen LogP) is 4.90. The lowest BCUT2D eigenvalue weighted by Gasteiger charge is -2.20. The molecule has 28 heavy (non-hydrogen) atoms. The molecule has 1 atom stereocenters. The van der Waals surface area contributed by atoms with E-state index in [9.17, 15) is 13.6 Å². The quantitative estimate of drug-likeness (QED) is 0.562. The number of halogens is 2. The molecule has 1 aromatic heterocycles. The molecule has 1 saturated heterocycles. The Labute approximate surface area is 169 Å². The van der Waals surface area contributed by atoms with E-state index < -0.39 is 11.6 Å². The molecule has 0 radical (unpaired) electrons. The molecule has 0 spiro atoms. The Morgan fingerprint density at radius 1 is 1.25 bits per heavy atom. The third-order valence-electron chi connectivity index (χ3n) is 4.59. The minimum atomic E-state index is -0.441. The lowest BCUT2D eigenvalue weighted by molar-refractivity contribution is -0.128. The van der Waals surface area contributed by atoms with Crippen molar-refractivity contribution in [2.24, 2.45) is 0 Å². The maximum absolute atomic E-state index is 14.1. The molecule has 0 saturated carbocycles. The van der Waals surface area contributed by atoms with Crippen molar-refractivity contribution >= 4 is 40.5 Å². The molecule has 1 aliphatic rings. The van der Waals surface area contributed by atoms with Crippen LogP contribution in [-0.4, -0.2) is 40.4 Å². The molecule has 1 fully saturated rings. The van der Waals surface area contributed by atoms with E-state index in [2.05, 4.69) is 4.98 Å². The zero-order valence-corrected chi connectivity index (χ0v) is 16.6. The molecule has 4 nitrogen and oxygen atoms in total. The van der Waals surface area contributed by atoms with E-state index in [4.69, 9.17) is 4.42 Å². The van der Waals surface area contributed by atoms with Crippen molar-refractivity contribution in [3.8, 4) is 0 Å². The lowest BCUT2D eigenvalue weighted by atomic mass is 10.1. The third-order valence-corrected chi connectivity index (χ3v) is 6.72. The van der Waals surface area contributed by atoms with Gasteiger partial charge in [-0.3, -0.25) is 4.79 Å². The summed E-state index contributed by atoms with van der Waals surface area (Å²) in [6, 6.07) is 11.0. The fraction of sp³-hybridized carbons (Fsp3) is 0.300. The number of carbonyl (C=O) groups is 1. The molecule has 3 aromatic rings. The number of rotatable bonds is 4. The van der Waals surface area contributed by atoms with Gasteiger partial charge in [0.1, 0.15) is 17.2 Å². The van der Waals surface area contributed by atoms with Crippen LogP contribution < -0.4 is 0 Å². The summed E-state index contributed by atoms with van der Waals surface area (Å²) in [7, 11) is 0. The van der Waals surface area contributed by atoms with Gasteiger partial charge in [-0.1, -0.05) is 23.9 Å². The van der Waals surface area contributed by atoms with Crippen molar-refractivity contribution in [1.82, 2.24) is 9.88 Å². The molecule has 8 heteroatoms. The number of para-hydroxylation sites is 2. The van der Waals surface area contributed by atoms with Gasteiger partial charge in [0.15, 0.2) is 5.58 Å². The molecule has 4 rings (SSSR count). The van der Waals surface area contributed by atoms with Crippen LogP contribution in [0.1, 0.15) is 17.2 Å². The number of nitrogens with zero attached hydrogens (tertiary/aromatic N) is 2. The summed E-state index contributed by atoms with van der Waals surface area (Å²) in [6.45, 7) is 1.10. The summed E-state index contributed by atoms with van der Waals surface area (Å²) in [4.78, 5) is 18.7. The van der Waals surface area contributed by atoms with Crippen molar-refractivity contribution in [3.63, 3.8) is 0 Å². The summed E-state index contributed by atoms with van der Waals surface area (Å²) in [5.74, 6) is 0.0680. The number of benzene rings is 2. The van der Waals surface area contributed by atoms with Crippen molar-refractivity contribution in [1.29, 1.82) is 0 Å². The summed E-state index contributed by atoms with van der Waals surface area (Å²) >= 11 is 2.83. The van der Waals surface area contributed by atoms with Gasteiger partial charge in [-0.15, -0.1) is 0 Å². The minimum Gasteiger partial charge on any atom is -0.431 e. The van der Waals surface area contributed by atoms with E-state index >= 15 is 0 Å². The highest BCUT2D eigenvalue weighted by Gasteiger charge is 2.24. The second kappa shape index (κ2) is 8.53. The first-order valence-corrected chi connectivity index (χ1v) is 11.0. The van der Waals surface area contributed by atoms with Crippen LogP contribution in [0, 0.1) is 11.6 Å². The highest BCUT2D eigenvalue weighted by molar-refractivity contribution is 7.99. The molecule has 0 unspecified atom stereocenters. The van der Waals surface area contributed by atoms with Crippen LogP contribution in [0.25, 0.3) is 11.1 Å². The van der Waals surface area contributed by atoms with Crippen LogP contribution in [0.2, 0.25) is 0 Å². The monoisotopic (exact) mass is 420 g/mol. The summed E-state index contributed by atoms with van der Waals surface area (Å²) in [5, 5.41) is 0.316. The Kier molecular flexibility index (Phi) is 5.87. The van der Waals surface area contributed by atoms with Crippen molar-refractivity contribution in [2.45, 2.75) is 16.9 Å². The molecule has 0 aliphatic carbocycles. The zero-order chi connectivity index (χ0) is 19.5. The summed E-state index contributed by atoms with van der Waals surface area (Å²) in [5.41, 5.74) is 1.84. The first kappa shape index (κ1) is 19.3. The van der Waals surface area contributed by atoms with Crippen LogP contribution in [-0.2, 0) is 4.79 Å². The minimum absolute atomic E-state index is 0.00628. The van der Waals surface area contributed by atoms with Gasteiger partial charge in [0.05, 0.1) is 5.75 Å². The third kappa shape index (κ3) is 4.33. The average Bonchev–Trinajstić information content (AvgIpc) is 2.96. The number of fused-ring (bicyclic) bond motifs is 1. The molecular formula is C20H18F2N2O2S2. The maximum atomic E-state index is 14.1. The van der Waals surface area contributed by atoms with E-state index in [0.29, 0.717) is 41.6 Å². The predicted molar refractivity (Wildman–Crippen MR) is 107 cm³/mol. The van der Waals surface area contributed by atoms with Crippen LogP contribution in [0.4, 0.5) is 8.78 Å². The Morgan fingerprint density at radius 3 is 2.96 bits per heavy atom. The van der Waals surface area contributed by atoms with E-state index in [1.165, 1.54) is 17.8 Å². The molecule has 2 heterocycles. The molecule has 0 bridgehead atoms. The number of hydrogen-bond donors (Lipinski definition) is 0. The molecule has 0 N–H and O–H groups in total. The molecule has 1 aliphatic heterocycles. The lowest BCUT2D eigenvalue weighted by Crippen LogP contribution is -2.34. The number of aromatic nitrogens is 1. The largest absolute Gasteiger partial charge is 0.431 e. The van der Waals surface area contributed by atoms with Gasteiger partial charge in [-0.2, -0.15) is 11.8 Å². The normalized spacial score (nSPS) is 17.6. The van der Waals surface area contributed by atoms with Crippen molar-refractivity contribution < 1.29 is 18.0 Å². The standard InChI is InChI=1S/C20H18F2N2O2S2/c21-13-5-6-15(22)14(11-13)18-7-8-24(9-10-27-18)19(25)12-28-20-23-16-3-1-2-4-17(16)26-20/h1-6,11,18H,7-10,12H2/t18-/m1/s1. The van der Waals surface area contributed by atoms with Gasteiger partial charge in [-0.25, -0.2) is 13.8 Å². The van der Waals surface area contributed by atoms with Crippen LogP contribution in [0.15, 0.2) is 52.1 Å². The van der Waals surface area contributed by atoms with Crippen molar-refractivity contribution in [3.05, 3.63) is 59.7 Å². The molecular weight excluding hydrogens is 402 g/mol. The molecule has 2 aromatic carbocycles. The number of oxazole rings is 1. The van der Waals surface area contributed by atoms with E-state index in [1.54, 1.807) is 16.7 Å². The summed E-state index contributed by atoms with van der Waals surface area (Å²) in [6.07, 6.45) is 0.588. The van der Waals surface area contributed by atoms with Gasteiger partial charge in [0.25, 0.3) is 5.22 Å². The van der Waals surface area contributed by atoms with Gasteiger partial charge >= 0.3 is 0 Å². The number of hydrogen-bond acceptors (Lipinski definition) is 5. The van der Waals surface area contributed by atoms with E-state index in [0.717, 1.165) is 17.6 Å². The Balaban J connectivity index is 1.35. The topological polar surface area (TPSA) is 46.3 Å². The van der Waals surface area contributed by atoms with Gasteiger partial charge < -0.3 is 9.32 Å². The number of carbonyl (C=O) groups excluding carboxylic acids is 1. The summed E-state index contributed by atoms with van der Waals surface area (Å²) < 4.78 is 33.2. The smallest absolute Gasteiger partial charge is 0.257 e. The van der Waals surface area contributed by atoms with E-state index in [-0.39, 0.29) is 16.9 Å². The Hall–Kier alpha value is -2.06.